The van der Waals surface area contributed by atoms with E-state index in [9.17, 15) is 5.11 Å². The molecule has 0 aliphatic carbocycles. The maximum Gasteiger partial charge on any atom is 0.107 e. The molecule has 2 heteroatoms. The van der Waals surface area contributed by atoms with Crippen molar-refractivity contribution in [3.05, 3.63) is 35.4 Å². The molecule has 2 rings (SSSR count). The van der Waals surface area contributed by atoms with Gasteiger partial charge in [0.05, 0.1) is 0 Å². The zero-order valence-electron chi connectivity index (χ0n) is 9.11. The van der Waals surface area contributed by atoms with E-state index in [4.69, 9.17) is 0 Å². The first-order chi connectivity index (χ1) is 7.38. The SMILES string of the molecule is [O]Cc1ccc(CN2CCCCC2)cc1. The second kappa shape index (κ2) is 5.29. The summed E-state index contributed by atoms with van der Waals surface area (Å²) in [6.07, 6.45) is 4.04. The molecule has 1 aromatic carbocycles. The van der Waals surface area contributed by atoms with Gasteiger partial charge in [-0.05, 0) is 37.1 Å². The van der Waals surface area contributed by atoms with Gasteiger partial charge in [0.15, 0.2) is 0 Å². The lowest BCUT2D eigenvalue weighted by Gasteiger charge is -2.26. The number of nitrogens with zero attached hydrogens (tertiary/aromatic N) is 1. The summed E-state index contributed by atoms with van der Waals surface area (Å²) in [6.45, 7) is 3.38. The van der Waals surface area contributed by atoms with Gasteiger partial charge in [0, 0.05) is 6.54 Å². The third-order valence-corrected chi connectivity index (χ3v) is 3.04. The molecule has 1 aliphatic rings. The highest BCUT2D eigenvalue weighted by atomic mass is 16.3. The molecule has 0 atom stereocenters. The van der Waals surface area contributed by atoms with Crippen molar-refractivity contribution < 1.29 is 5.11 Å². The number of piperidine rings is 1. The average Bonchev–Trinajstić information content (AvgIpc) is 2.31. The summed E-state index contributed by atoms with van der Waals surface area (Å²) in [7, 11) is 0. The van der Waals surface area contributed by atoms with Gasteiger partial charge in [0.2, 0.25) is 0 Å². The number of benzene rings is 1. The van der Waals surface area contributed by atoms with Crippen LogP contribution in [0.15, 0.2) is 24.3 Å². The van der Waals surface area contributed by atoms with Gasteiger partial charge in [0.1, 0.15) is 6.61 Å². The molecule has 1 saturated heterocycles. The van der Waals surface area contributed by atoms with Crippen LogP contribution in [0.2, 0.25) is 0 Å². The smallest absolute Gasteiger partial charge is 0.107 e. The standard InChI is InChI=1S/C13H18NO/c15-11-13-6-4-12(5-7-13)10-14-8-2-1-3-9-14/h4-7H,1-3,8-11H2. The van der Waals surface area contributed by atoms with Crippen molar-refractivity contribution in [2.24, 2.45) is 0 Å². The highest BCUT2D eigenvalue weighted by Crippen LogP contribution is 2.13. The maximum absolute atomic E-state index is 10.6. The molecule has 15 heavy (non-hydrogen) atoms. The lowest BCUT2D eigenvalue weighted by molar-refractivity contribution is 0.177. The lowest BCUT2D eigenvalue weighted by Crippen LogP contribution is -2.29. The van der Waals surface area contributed by atoms with E-state index in [0.29, 0.717) is 0 Å². The molecule has 0 aromatic heterocycles. The molecule has 2 nitrogen and oxygen atoms in total. The van der Waals surface area contributed by atoms with E-state index in [2.05, 4.69) is 17.0 Å². The second-order valence-electron chi connectivity index (χ2n) is 4.30. The van der Waals surface area contributed by atoms with E-state index in [-0.39, 0.29) is 6.61 Å². The second-order valence-corrected chi connectivity index (χ2v) is 4.30. The molecule has 0 amide bonds. The van der Waals surface area contributed by atoms with Crippen LogP contribution in [0.1, 0.15) is 30.4 Å². The van der Waals surface area contributed by atoms with Crippen LogP contribution in [0.5, 0.6) is 0 Å². The summed E-state index contributed by atoms with van der Waals surface area (Å²) >= 11 is 0. The fourth-order valence-electron chi connectivity index (χ4n) is 2.12. The number of hydrogen-bond acceptors (Lipinski definition) is 1. The monoisotopic (exact) mass is 204 g/mol. The Morgan fingerprint density at radius 2 is 1.53 bits per heavy atom. The summed E-state index contributed by atoms with van der Waals surface area (Å²) in [5.41, 5.74) is 2.21. The van der Waals surface area contributed by atoms with Gasteiger partial charge < -0.3 is 0 Å². The zero-order chi connectivity index (χ0) is 10.5. The molecule has 1 heterocycles. The quantitative estimate of drug-likeness (QED) is 0.742. The predicted octanol–water partition coefficient (Wildman–Crippen LogP) is 2.60. The molecule has 0 saturated carbocycles. The van der Waals surface area contributed by atoms with E-state index < -0.39 is 0 Å². The average molecular weight is 204 g/mol. The van der Waals surface area contributed by atoms with Crippen LogP contribution in [0.4, 0.5) is 0 Å². The minimum absolute atomic E-state index is 0.107. The Balaban J connectivity index is 1.91. The van der Waals surface area contributed by atoms with Crippen LogP contribution in [-0.2, 0) is 18.3 Å². The van der Waals surface area contributed by atoms with Gasteiger partial charge >= 0.3 is 0 Å². The Kier molecular flexibility index (Phi) is 3.75. The zero-order valence-corrected chi connectivity index (χ0v) is 9.11. The molecule has 1 aromatic rings. The fourth-order valence-corrected chi connectivity index (χ4v) is 2.12. The molecule has 1 aliphatic heterocycles. The van der Waals surface area contributed by atoms with E-state index in [0.717, 1.165) is 12.1 Å². The number of hydrogen-bond donors (Lipinski definition) is 0. The first-order valence-electron chi connectivity index (χ1n) is 5.77. The number of likely N-dealkylation sites (tertiary alicyclic amines) is 1. The topological polar surface area (TPSA) is 23.1 Å². The Morgan fingerprint density at radius 3 is 2.13 bits per heavy atom. The largest absolute Gasteiger partial charge is 0.299 e. The fraction of sp³-hybridized carbons (Fsp3) is 0.538. The van der Waals surface area contributed by atoms with Crippen LogP contribution in [0, 0.1) is 0 Å². The minimum Gasteiger partial charge on any atom is -0.299 e. The molecule has 81 valence electrons. The normalized spacial score (nSPS) is 17.9. The molecule has 0 bridgehead atoms. The molecule has 0 spiro atoms. The molecule has 1 fully saturated rings. The molecular weight excluding hydrogens is 186 g/mol. The summed E-state index contributed by atoms with van der Waals surface area (Å²) in [4.78, 5) is 2.50. The van der Waals surface area contributed by atoms with Crippen molar-refractivity contribution in [2.75, 3.05) is 13.1 Å². The first kappa shape index (κ1) is 10.7. The maximum atomic E-state index is 10.6. The van der Waals surface area contributed by atoms with Crippen molar-refractivity contribution in [1.82, 2.24) is 4.90 Å². The summed E-state index contributed by atoms with van der Waals surface area (Å²) in [5.74, 6) is 0. The van der Waals surface area contributed by atoms with Crippen molar-refractivity contribution >= 4 is 0 Å². The van der Waals surface area contributed by atoms with Crippen molar-refractivity contribution in [1.29, 1.82) is 0 Å². The Labute approximate surface area is 91.5 Å². The Hall–Kier alpha value is -0.860. The number of rotatable bonds is 3. The van der Waals surface area contributed by atoms with Gasteiger partial charge in [-0.1, -0.05) is 30.7 Å². The van der Waals surface area contributed by atoms with Crippen LogP contribution in [-0.4, -0.2) is 18.0 Å². The van der Waals surface area contributed by atoms with Crippen molar-refractivity contribution in [3.63, 3.8) is 0 Å². The third-order valence-electron chi connectivity index (χ3n) is 3.04. The van der Waals surface area contributed by atoms with E-state index >= 15 is 0 Å². The Morgan fingerprint density at radius 1 is 0.933 bits per heavy atom. The van der Waals surface area contributed by atoms with Crippen LogP contribution in [0.25, 0.3) is 0 Å². The summed E-state index contributed by atoms with van der Waals surface area (Å²) in [5, 5.41) is 10.6. The summed E-state index contributed by atoms with van der Waals surface area (Å²) in [6, 6.07) is 8.07. The van der Waals surface area contributed by atoms with E-state index in [1.807, 2.05) is 12.1 Å². The van der Waals surface area contributed by atoms with Gasteiger partial charge in [-0.15, -0.1) is 0 Å². The predicted molar refractivity (Wildman–Crippen MR) is 60.0 cm³/mol. The first-order valence-corrected chi connectivity index (χ1v) is 5.77. The molecule has 0 N–H and O–H groups in total. The van der Waals surface area contributed by atoms with Gasteiger partial charge in [0.25, 0.3) is 0 Å². The van der Waals surface area contributed by atoms with Crippen molar-refractivity contribution in [2.45, 2.75) is 32.4 Å². The Bertz CT molecular complexity index is 288. The van der Waals surface area contributed by atoms with Gasteiger partial charge in [-0.25, -0.2) is 5.11 Å². The molecule has 0 unspecified atom stereocenters. The van der Waals surface area contributed by atoms with Crippen molar-refractivity contribution in [3.8, 4) is 0 Å². The minimum atomic E-state index is -0.107. The highest BCUT2D eigenvalue weighted by Gasteiger charge is 2.09. The molecule has 1 radical (unpaired) electrons. The highest BCUT2D eigenvalue weighted by molar-refractivity contribution is 5.21. The van der Waals surface area contributed by atoms with Crippen LogP contribution in [0.3, 0.4) is 0 Å². The van der Waals surface area contributed by atoms with Gasteiger partial charge in [-0.2, -0.15) is 0 Å². The van der Waals surface area contributed by atoms with Gasteiger partial charge in [-0.3, -0.25) is 4.90 Å². The summed E-state index contributed by atoms with van der Waals surface area (Å²) < 4.78 is 0. The van der Waals surface area contributed by atoms with Crippen LogP contribution >= 0.6 is 0 Å². The lowest BCUT2D eigenvalue weighted by atomic mass is 10.1. The molecular formula is C13H18NO. The van der Waals surface area contributed by atoms with E-state index in [1.165, 1.54) is 37.9 Å². The van der Waals surface area contributed by atoms with E-state index in [1.54, 1.807) is 0 Å². The third kappa shape index (κ3) is 3.05. The van der Waals surface area contributed by atoms with Crippen LogP contribution < -0.4 is 0 Å².